The van der Waals surface area contributed by atoms with Gasteiger partial charge in [0.2, 0.25) is 17.7 Å². The van der Waals surface area contributed by atoms with Crippen molar-refractivity contribution in [2.75, 3.05) is 11.9 Å². The average Bonchev–Trinajstić information content (AvgIpc) is 3.38. The van der Waals surface area contributed by atoms with Gasteiger partial charge in [0.15, 0.2) is 0 Å². The molecule has 3 fully saturated rings. The van der Waals surface area contributed by atoms with Crippen LogP contribution in [0.2, 0.25) is 0 Å². The first-order chi connectivity index (χ1) is 12.0. The van der Waals surface area contributed by atoms with Crippen LogP contribution in [-0.4, -0.2) is 29.2 Å². The minimum absolute atomic E-state index is 0.161. The Kier molecular flexibility index (Phi) is 3.23. The van der Waals surface area contributed by atoms with Gasteiger partial charge in [0.05, 0.1) is 11.8 Å². The fourth-order valence-electron chi connectivity index (χ4n) is 5.05. The number of likely N-dealkylation sites (tertiary alicyclic amines) is 1. The summed E-state index contributed by atoms with van der Waals surface area (Å²) >= 11 is 3.34. The van der Waals surface area contributed by atoms with Crippen molar-refractivity contribution in [3.63, 3.8) is 0 Å². The Morgan fingerprint density at radius 3 is 2.16 bits per heavy atom. The predicted octanol–water partition coefficient (Wildman–Crippen LogP) is 2.44. The van der Waals surface area contributed by atoms with E-state index in [9.17, 15) is 14.4 Å². The van der Waals surface area contributed by atoms with Crippen molar-refractivity contribution >= 4 is 39.3 Å². The molecular formula is C19H17BrN2O3. The number of halogens is 1. The van der Waals surface area contributed by atoms with Crippen LogP contribution in [0.15, 0.2) is 40.9 Å². The highest BCUT2D eigenvalue weighted by atomic mass is 79.9. The molecule has 0 unspecified atom stereocenters. The molecule has 1 heterocycles. The van der Waals surface area contributed by atoms with Crippen LogP contribution >= 0.6 is 15.9 Å². The number of amides is 3. The first-order valence-corrected chi connectivity index (χ1v) is 9.43. The summed E-state index contributed by atoms with van der Waals surface area (Å²) in [7, 11) is 0. The molecule has 2 saturated carbocycles. The monoisotopic (exact) mass is 400 g/mol. The van der Waals surface area contributed by atoms with Gasteiger partial charge in [-0.25, -0.2) is 0 Å². The molecule has 6 atom stereocenters. The predicted molar refractivity (Wildman–Crippen MR) is 94.2 cm³/mol. The van der Waals surface area contributed by atoms with E-state index in [1.54, 1.807) is 12.1 Å². The molecular weight excluding hydrogens is 384 g/mol. The second-order valence-electron chi connectivity index (χ2n) is 7.47. The Morgan fingerprint density at radius 2 is 1.60 bits per heavy atom. The molecule has 1 aliphatic heterocycles. The normalized spacial score (nSPS) is 37.1. The van der Waals surface area contributed by atoms with Crippen molar-refractivity contribution in [2.24, 2.45) is 35.5 Å². The zero-order valence-electron chi connectivity index (χ0n) is 13.4. The van der Waals surface area contributed by atoms with E-state index < -0.39 is 0 Å². The Balaban J connectivity index is 1.32. The molecule has 5 nitrogen and oxygen atoms in total. The van der Waals surface area contributed by atoms with Crippen LogP contribution in [0.4, 0.5) is 5.69 Å². The van der Waals surface area contributed by atoms with Gasteiger partial charge in [-0.05, 0) is 54.4 Å². The first-order valence-electron chi connectivity index (χ1n) is 8.63. The van der Waals surface area contributed by atoms with Gasteiger partial charge in [-0.3, -0.25) is 19.3 Å². The van der Waals surface area contributed by atoms with E-state index in [2.05, 4.69) is 33.4 Å². The number of carbonyl (C=O) groups is 3. The lowest BCUT2D eigenvalue weighted by Gasteiger charge is -2.37. The van der Waals surface area contributed by atoms with Crippen LogP contribution in [0.5, 0.6) is 0 Å². The van der Waals surface area contributed by atoms with E-state index in [1.165, 1.54) is 4.90 Å². The van der Waals surface area contributed by atoms with Crippen LogP contribution in [0, 0.1) is 35.5 Å². The lowest BCUT2D eigenvalue weighted by Crippen LogP contribution is -2.40. The van der Waals surface area contributed by atoms with Crippen LogP contribution < -0.4 is 5.32 Å². The van der Waals surface area contributed by atoms with Gasteiger partial charge in [0.1, 0.15) is 6.54 Å². The van der Waals surface area contributed by atoms with Crippen molar-refractivity contribution in [3.8, 4) is 0 Å². The van der Waals surface area contributed by atoms with Gasteiger partial charge < -0.3 is 5.32 Å². The van der Waals surface area contributed by atoms with Crippen molar-refractivity contribution in [1.29, 1.82) is 0 Å². The van der Waals surface area contributed by atoms with Crippen LogP contribution in [-0.2, 0) is 14.4 Å². The van der Waals surface area contributed by atoms with Gasteiger partial charge >= 0.3 is 0 Å². The molecule has 4 aliphatic carbocycles. The molecule has 6 heteroatoms. The van der Waals surface area contributed by atoms with E-state index in [4.69, 9.17) is 0 Å². The maximum atomic E-state index is 12.8. The highest BCUT2D eigenvalue weighted by molar-refractivity contribution is 9.10. The summed E-state index contributed by atoms with van der Waals surface area (Å²) in [5, 5.41) is 2.75. The Morgan fingerprint density at radius 1 is 1.04 bits per heavy atom. The molecule has 128 valence electrons. The van der Waals surface area contributed by atoms with Crippen molar-refractivity contribution in [2.45, 2.75) is 6.42 Å². The molecule has 0 aromatic heterocycles. The Bertz CT molecular complexity index is 782. The van der Waals surface area contributed by atoms with Crippen molar-refractivity contribution in [1.82, 2.24) is 4.90 Å². The molecule has 3 amide bonds. The summed E-state index contributed by atoms with van der Waals surface area (Å²) in [6.07, 6.45) is 5.41. The summed E-state index contributed by atoms with van der Waals surface area (Å²) in [5.74, 6) is 0.379. The summed E-state index contributed by atoms with van der Waals surface area (Å²) in [5.41, 5.74) is 0.646. The number of rotatable bonds is 3. The first kappa shape index (κ1) is 15.3. The SMILES string of the molecule is O=C(CN1C(=O)[C@H]2[C@@H]3C=C[C@H]([C@H]4C[C@H]34)[C@@H]2C1=O)Nc1ccc(Br)cc1. The summed E-state index contributed by atoms with van der Waals surface area (Å²) < 4.78 is 0.918. The number of nitrogens with zero attached hydrogens (tertiary/aromatic N) is 1. The van der Waals surface area contributed by atoms with Gasteiger partial charge in [-0.2, -0.15) is 0 Å². The molecule has 1 aromatic rings. The fraction of sp³-hybridized carbons (Fsp3) is 0.421. The second-order valence-corrected chi connectivity index (χ2v) is 8.39. The van der Waals surface area contributed by atoms with Crippen LogP contribution in [0.3, 0.4) is 0 Å². The maximum absolute atomic E-state index is 12.8. The fourth-order valence-corrected chi connectivity index (χ4v) is 5.32. The smallest absolute Gasteiger partial charge is 0.244 e. The van der Waals surface area contributed by atoms with Gasteiger partial charge in [-0.1, -0.05) is 28.1 Å². The number of hydrogen-bond acceptors (Lipinski definition) is 3. The number of allylic oxidation sites excluding steroid dienone is 2. The van der Waals surface area contributed by atoms with E-state index >= 15 is 0 Å². The third-order valence-corrected chi connectivity index (χ3v) is 6.71. The number of imide groups is 1. The highest BCUT2D eigenvalue weighted by Gasteiger charge is 2.67. The molecule has 25 heavy (non-hydrogen) atoms. The summed E-state index contributed by atoms with van der Waals surface area (Å²) in [6.45, 7) is -0.199. The third kappa shape index (κ3) is 2.23. The van der Waals surface area contributed by atoms with Gasteiger partial charge in [0, 0.05) is 10.2 Å². The molecule has 5 aliphatic rings. The van der Waals surface area contributed by atoms with Crippen molar-refractivity contribution < 1.29 is 14.4 Å². The molecule has 1 saturated heterocycles. The van der Waals surface area contributed by atoms with Gasteiger partial charge in [0.25, 0.3) is 0 Å². The standard InChI is InChI=1S/C19H17BrN2O3/c20-9-1-3-10(4-2-9)21-15(23)8-22-18(24)16-11-5-6-12(14-7-13(11)14)17(16)19(22)25/h1-6,11-14,16-17H,7-8H2,(H,21,23)/t11-,12-,13-,14-,16+,17+/m1/s1. The zero-order chi connectivity index (χ0) is 17.3. The highest BCUT2D eigenvalue weighted by Crippen LogP contribution is 2.65. The average molecular weight is 401 g/mol. The number of hydrogen-bond donors (Lipinski definition) is 1. The number of anilines is 1. The zero-order valence-corrected chi connectivity index (χ0v) is 15.0. The molecule has 1 aromatic carbocycles. The minimum atomic E-state index is -0.340. The lowest BCUT2D eigenvalue weighted by molar-refractivity contribution is -0.142. The molecule has 0 spiro atoms. The Labute approximate surface area is 153 Å². The maximum Gasteiger partial charge on any atom is 0.244 e. The van der Waals surface area contributed by atoms with Crippen molar-refractivity contribution in [3.05, 3.63) is 40.9 Å². The van der Waals surface area contributed by atoms with E-state index in [-0.39, 0.29) is 47.9 Å². The van der Waals surface area contributed by atoms with Crippen LogP contribution in [0.1, 0.15) is 6.42 Å². The third-order valence-electron chi connectivity index (χ3n) is 6.18. The molecule has 6 rings (SSSR count). The topological polar surface area (TPSA) is 66.5 Å². The quantitative estimate of drug-likeness (QED) is 0.625. The van der Waals surface area contributed by atoms with E-state index in [0.29, 0.717) is 17.5 Å². The van der Waals surface area contributed by atoms with E-state index in [1.807, 2.05) is 12.1 Å². The molecule has 2 bridgehead atoms. The number of benzene rings is 1. The second kappa shape index (κ2) is 5.27. The number of nitrogens with one attached hydrogen (secondary N) is 1. The van der Waals surface area contributed by atoms with E-state index in [0.717, 1.165) is 10.9 Å². The largest absolute Gasteiger partial charge is 0.325 e. The molecule has 0 radical (unpaired) electrons. The van der Waals surface area contributed by atoms with Gasteiger partial charge in [-0.15, -0.1) is 0 Å². The van der Waals surface area contributed by atoms with Crippen LogP contribution in [0.25, 0.3) is 0 Å². The Hall–Kier alpha value is -1.95. The lowest BCUT2D eigenvalue weighted by atomic mass is 9.63. The summed E-state index contributed by atoms with van der Waals surface area (Å²) in [6, 6.07) is 7.19. The number of carbonyl (C=O) groups excluding carboxylic acids is 3. The molecule has 1 N–H and O–H groups in total. The minimum Gasteiger partial charge on any atom is -0.325 e. The summed E-state index contributed by atoms with van der Waals surface area (Å²) in [4.78, 5) is 39.1.